The summed E-state index contributed by atoms with van der Waals surface area (Å²) in [5.41, 5.74) is 0.137. The number of carbonyl (C=O) groups excluding carboxylic acids is 1. The lowest BCUT2D eigenvalue weighted by atomic mass is 10.0. The standard InChI is InChI=1S/C21H16ClF2N3O4S/c22-14-7-11-8-19(20(14)28)32(30,31)27-18-9-13(15(23)10-16(18)24)12-3-1-2-4-17(12)25-5-6-26-21(11)29/h1-4,7-10,25,27-28H,5-6H2,(H,26,29). The Hall–Kier alpha value is -3.37. The number of halogens is 3. The third-order valence-electron chi connectivity index (χ3n) is 4.82. The summed E-state index contributed by atoms with van der Waals surface area (Å²) in [6.07, 6.45) is 0. The van der Waals surface area contributed by atoms with Crippen LogP contribution in [0.25, 0.3) is 11.1 Å². The Balaban J connectivity index is 1.93. The van der Waals surface area contributed by atoms with Gasteiger partial charge in [0.2, 0.25) is 0 Å². The Labute approximate surface area is 187 Å². The van der Waals surface area contributed by atoms with Crippen LogP contribution in [0.1, 0.15) is 10.4 Å². The molecule has 0 saturated heterocycles. The lowest BCUT2D eigenvalue weighted by Gasteiger charge is -2.15. The molecule has 4 bridgehead atoms. The van der Waals surface area contributed by atoms with E-state index in [2.05, 4.69) is 10.6 Å². The van der Waals surface area contributed by atoms with Crippen molar-refractivity contribution in [2.75, 3.05) is 23.1 Å². The van der Waals surface area contributed by atoms with Crippen molar-refractivity contribution in [3.8, 4) is 16.9 Å². The fourth-order valence-electron chi connectivity index (χ4n) is 3.29. The summed E-state index contributed by atoms with van der Waals surface area (Å²) < 4.78 is 57.0. The van der Waals surface area contributed by atoms with Crippen LogP contribution in [0.5, 0.6) is 5.75 Å². The summed E-state index contributed by atoms with van der Waals surface area (Å²) in [4.78, 5) is 11.8. The van der Waals surface area contributed by atoms with Crippen LogP contribution in [0.3, 0.4) is 0 Å². The van der Waals surface area contributed by atoms with Crippen LogP contribution in [0.2, 0.25) is 5.02 Å². The van der Waals surface area contributed by atoms with E-state index in [-0.39, 0.29) is 29.2 Å². The molecule has 3 aromatic rings. The number of hydrogen-bond donors (Lipinski definition) is 4. The first-order valence-electron chi connectivity index (χ1n) is 9.33. The van der Waals surface area contributed by atoms with Crippen molar-refractivity contribution in [2.24, 2.45) is 0 Å². The molecule has 1 aliphatic heterocycles. The number of nitrogens with one attached hydrogen (secondary N) is 3. The molecule has 0 spiro atoms. The van der Waals surface area contributed by atoms with Crippen LogP contribution in [0.15, 0.2) is 53.4 Å². The van der Waals surface area contributed by atoms with Gasteiger partial charge in [0.1, 0.15) is 16.5 Å². The number of para-hydroxylation sites is 1. The van der Waals surface area contributed by atoms with Gasteiger partial charge in [0.25, 0.3) is 15.9 Å². The molecule has 1 amide bonds. The molecule has 0 unspecified atom stereocenters. The van der Waals surface area contributed by atoms with Gasteiger partial charge in [-0.1, -0.05) is 29.8 Å². The van der Waals surface area contributed by atoms with E-state index in [0.717, 1.165) is 18.2 Å². The van der Waals surface area contributed by atoms with Crippen molar-refractivity contribution >= 4 is 38.9 Å². The highest BCUT2D eigenvalue weighted by atomic mass is 35.5. The minimum absolute atomic E-state index is 0.0536. The molecule has 11 heteroatoms. The van der Waals surface area contributed by atoms with Gasteiger partial charge in [-0.25, -0.2) is 17.2 Å². The molecular formula is C21H16ClF2N3O4S. The maximum absolute atomic E-state index is 14.7. The predicted octanol–water partition coefficient (Wildman–Crippen LogP) is 3.95. The Morgan fingerprint density at radius 3 is 2.41 bits per heavy atom. The summed E-state index contributed by atoms with van der Waals surface area (Å²) in [6, 6.07) is 10.2. The highest BCUT2D eigenvalue weighted by Crippen LogP contribution is 2.36. The second-order valence-corrected chi connectivity index (χ2v) is 9.01. The van der Waals surface area contributed by atoms with E-state index < -0.39 is 43.9 Å². The Morgan fingerprint density at radius 1 is 0.906 bits per heavy atom. The van der Waals surface area contributed by atoms with Gasteiger partial charge in [-0.2, -0.15) is 0 Å². The SMILES string of the molecule is O=C1NCCNc2ccccc2-c2cc(c(F)cc2F)NS(=O)(=O)c2cc1cc(Cl)c2O. The van der Waals surface area contributed by atoms with E-state index >= 15 is 0 Å². The first-order valence-corrected chi connectivity index (χ1v) is 11.2. The average Bonchev–Trinajstić information content (AvgIpc) is 2.74. The summed E-state index contributed by atoms with van der Waals surface area (Å²) >= 11 is 5.92. The van der Waals surface area contributed by atoms with Crippen LogP contribution >= 0.6 is 11.6 Å². The summed E-state index contributed by atoms with van der Waals surface area (Å²) in [7, 11) is -4.61. The molecular weight excluding hydrogens is 464 g/mol. The maximum Gasteiger partial charge on any atom is 0.265 e. The molecule has 0 aliphatic carbocycles. The minimum atomic E-state index is -4.61. The van der Waals surface area contributed by atoms with Gasteiger partial charge in [-0.05, 0) is 24.3 Å². The number of carbonyl (C=O) groups is 1. The summed E-state index contributed by atoms with van der Waals surface area (Å²) in [5, 5.41) is 15.5. The third-order valence-corrected chi connectivity index (χ3v) is 6.49. The maximum atomic E-state index is 14.7. The minimum Gasteiger partial charge on any atom is -0.505 e. The fraction of sp³-hybridized carbons (Fsp3) is 0.0952. The third kappa shape index (κ3) is 4.06. The Bertz CT molecular complexity index is 1350. The largest absolute Gasteiger partial charge is 0.505 e. The topological polar surface area (TPSA) is 108 Å². The molecule has 0 saturated carbocycles. The van der Waals surface area contributed by atoms with E-state index in [1.165, 1.54) is 0 Å². The molecule has 1 heterocycles. The van der Waals surface area contributed by atoms with Crippen molar-refractivity contribution in [2.45, 2.75) is 4.90 Å². The van der Waals surface area contributed by atoms with Gasteiger partial charge in [0.05, 0.1) is 10.7 Å². The number of benzene rings is 3. The number of rotatable bonds is 0. The van der Waals surface area contributed by atoms with Gasteiger partial charge in [0.15, 0.2) is 5.75 Å². The number of anilines is 2. The molecule has 4 N–H and O–H groups in total. The zero-order valence-corrected chi connectivity index (χ0v) is 17.8. The molecule has 166 valence electrons. The van der Waals surface area contributed by atoms with E-state index in [0.29, 0.717) is 17.3 Å². The highest BCUT2D eigenvalue weighted by molar-refractivity contribution is 7.92. The number of phenols is 1. The van der Waals surface area contributed by atoms with Crippen molar-refractivity contribution < 1.29 is 27.1 Å². The molecule has 7 nitrogen and oxygen atoms in total. The zero-order valence-electron chi connectivity index (χ0n) is 16.2. The molecule has 0 radical (unpaired) electrons. The number of amides is 1. The molecule has 0 aromatic heterocycles. The Kier molecular flexibility index (Phi) is 5.66. The number of aromatic hydroxyl groups is 1. The molecule has 4 rings (SSSR count). The van der Waals surface area contributed by atoms with E-state index in [4.69, 9.17) is 11.6 Å². The molecule has 3 aromatic carbocycles. The summed E-state index contributed by atoms with van der Waals surface area (Å²) in [6.45, 7) is 0.400. The van der Waals surface area contributed by atoms with Crippen LogP contribution in [0.4, 0.5) is 20.2 Å². The highest BCUT2D eigenvalue weighted by Gasteiger charge is 2.26. The average molecular weight is 480 g/mol. The van der Waals surface area contributed by atoms with E-state index in [9.17, 15) is 27.1 Å². The molecule has 0 atom stereocenters. The van der Waals surface area contributed by atoms with Crippen LogP contribution < -0.4 is 15.4 Å². The molecule has 1 aliphatic rings. The van der Waals surface area contributed by atoms with E-state index in [1.807, 2.05) is 4.72 Å². The predicted molar refractivity (Wildman–Crippen MR) is 117 cm³/mol. The number of hydrogen-bond acceptors (Lipinski definition) is 5. The second kappa shape index (κ2) is 8.29. The van der Waals surface area contributed by atoms with Crippen LogP contribution in [0, 0.1) is 11.6 Å². The van der Waals surface area contributed by atoms with Crippen molar-refractivity contribution in [3.63, 3.8) is 0 Å². The monoisotopic (exact) mass is 479 g/mol. The molecule has 32 heavy (non-hydrogen) atoms. The fourth-order valence-corrected chi connectivity index (χ4v) is 4.77. The summed E-state index contributed by atoms with van der Waals surface area (Å²) in [5.74, 6) is -3.50. The van der Waals surface area contributed by atoms with Gasteiger partial charge in [-0.3, -0.25) is 9.52 Å². The van der Waals surface area contributed by atoms with Crippen molar-refractivity contribution in [1.82, 2.24) is 5.32 Å². The van der Waals surface area contributed by atoms with Gasteiger partial charge in [0, 0.05) is 41.5 Å². The van der Waals surface area contributed by atoms with Gasteiger partial charge in [-0.15, -0.1) is 0 Å². The van der Waals surface area contributed by atoms with E-state index in [1.54, 1.807) is 24.3 Å². The molecule has 0 fully saturated rings. The van der Waals surface area contributed by atoms with Gasteiger partial charge < -0.3 is 15.7 Å². The number of fused-ring (bicyclic) bond motifs is 6. The lowest BCUT2D eigenvalue weighted by molar-refractivity contribution is 0.0955. The van der Waals surface area contributed by atoms with Crippen molar-refractivity contribution in [1.29, 1.82) is 0 Å². The first kappa shape index (κ1) is 21.8. The zero-order chi connectivity index (χ0) is 23.0. The quantitative estimate of drug-likeness (QED) is 0.390. The van der Waals surface area contributed by atoms with Gasteiger partial charge >= 0.3 is 0 Å². The van der Waals surface area contributed by atoms with Crippen LogP contribution in [-0.4, -0.2) is 32.5 Å². The van der Waals surface area contributed by atoms with Crippen LogP contribution in [-0.2, 0) is 10.0 Å². The normalized spacial score (nSPS) is 15.3. The number of sulfonamides is 1. The Morgan fingerprint density at radius 2 is 1.62 bits per heavy atom. The smallest absolute Gasteiger partial charge is 0.265 e. The van der Waals surface area contributed by atoms with Crippen molar-refractivity contribution in [3.05, 3.63) is 70.8 Å². The lowest BCUT2D eigenvalue weighted by Crippen LogP contribution is -2.29. The number of phenolic OH excluding ortho intramolecular Hbond substituents is 1. The second-order valence-electron chi connectivity index (χ2n) is 6.95. The first-order chi connectivity index (χ1) is 15.2.